The van der Waals surface area contributed by atoms with Crippen LogP contribution in [0, 0.1) is 6.92 Å². The van der Waals surface area contributed by atoms with Crippen LogP contribution in [0.25, 0.3) is 0 Å². The third-order valence-corrected chi connectivity index (χ3v) is 4.96. The molecule has 2 heterocycles. The normalized spacial score (nSPS) is 19.7. The van der Waals surface area contributed by atoms with Gasteiger partial charge in [-0.05, 0) is 6.92 Å². The van der Waals surface area contributed by atoms with Crippen LogP contribution in [0.4, 0.5) is 5.82 Å². The van der Waals surface area contributed by atoms with Crippen molar-refractivity contribution in [2.45, 2.75) is 13.0 Å². The molecule has 0 unspecified atom stereocenters. The topological polar surface area (TPSA) is 84.9 Å². The average Bonchev–Trinajstić information content (AvgIpc) is 2.51. The van der Waals surface area contributed by atoms with E-state index < -0.39 is 10.0 Å². The molecule has 8 nitrogen and oxygen atoms in total. The number of methoxy groups -OCH3 is 1. The largest absolute Gasteiger partial charge is 0.383 e. The molecule has 2 rings (SSSR count). The van der Waals surface area contributed by atoms with Gasteiger partial charge in [-0.1, -0.05) is 0 Å². The van der Waals surface area contributed by atoms with Crippen LogP contribution >= 0.6 is 0 Å². The van der Waals surface area contributed by atoms with Gasteiger partial charge in [-0.2, -0.15) is 4.31 Å². The molecule has 1 aromatic rings. The Morgan fingerprint density at radius 3 is 2.87 bits per heavy atom. The SMILES string of the molecule is COCCN(C)c1cc([C@@H]2CN(S(C)(=O)=O)CCO2)nc(C)n1. The zero-order valence-corrected chi connectivity index (χ0v) is 14.8. The zero-order valence-electron chi connectivity index (χ0n) is 14.0. The lowest BCUT2D eigenvalue weighted by Crippen LogP contribution is -2.42. The third-order valence-electron chi connectivity index (χ3n) is 3.69. The molecule has 0 spiro atoms. The number of hydrogen-bond acceptors (Lipinski definition) is 7. The molecular weight excluding hydrogens is 320 g/mol. The van der Waals surface area contributed by atoms with Crippen molar-refractivity contribution in [3.8, 4) is 0 Å². The van der Waals surface area contributed by atoms with Gasteiger partial charge in [-0.25, -0.2) is 18.4 Å². The molecule has 130 valence electrons. The molecule has 0 radical (unpaired) electrons. The van der Waals surface area contributed by atoms with Gasteiger partial charge in [0, 0.05) is 39.9 Å². The predicted molar refractivity (Wildman–Crippen MR) is 87.0 cm³/mol. The number of aryl methyl sites for hydroxylation is 1. The van der Waals surface area contributed by atoms with Gasteiger partial charge in [0.2, 0.25) is 10.0 Å². The number of rotatable bonds is 6. The fourth-order valence-electron chi connectivity index (χ4n) is 2.38. The van der Waals surface area contributed by atoms with Gasteiger partial charge < -0.3 is 14.4 Å². The minimum atomic E-state index is -3.23. The minimum Gasteiger partial charge on any atom is -0.383 e. The molecule has 1 saturated heterocycles. The lowest BCUT2D eigenvalue weighted by molar-refractivity contribution is -0.00485. The van der Waals surface area contributed by atoms with Crippen molar-refractivity contribution in [2.75, 3.05) is 58.2 Å². The van der Waals surface area contributed by atoms with Crippen LogP contribution in [0.5, 0.6) is 0 Å². The van der Waals surface area contributed by atoms with Gasteiger partial charge in [0.05, 0.1) is 25.2 Å². The van der Waals surface area contributed by atoms with Crippen LogP contribution < -0.4 is 4.90 Å². The van der Waals surface area contributed by atoms with E-state index in [4.69, 9.17) is 9.47 Å². The summed E-state index contributed by atoms with van der Waals surface area (Å²) in [6.45, 7) is 4.12. The van der Waals surface area contributed by atoms with Crippen molar-refractivity contribution >= 4 is 15.8 Å². The highest BCUT2D eigenvalue weighted by Gasteiger charge is 2.29. The Morgan fingerprint density at radius 2 is 2.22 bits per heavy atom. The van der Waals surface area contributed by atoms with Gasteiger partial charge in [-0.3, -0.25) is 0 Å². The number of anilines is 1. The highest BCUT2D eigenvalue weighted by molar-refractivity contribution is 7.88. The van der Waals surface area contributed by atoms with E-state index in [2.05, 4.69) is 9.97 Å². The van der Waals surface area contributed by atoms with Crippen LogP contribution in [0.15, 0.2) is 6.07 Å². The number of nitrogens with zero attached hydrogens (tertiary/aromatic N) is 4. The molecule has 0 aliphatic carbocycles. The Kier molecular flexibility index (Phi) is 5.90. The van der Waals surface area contributed by atoms with Crippen LogP contribution in [0.1, 0.15) is 17.6 Å². The summed E-state index contributed by atoms with van der Waals surface area (Å²) in [6, 6.07) is 1.85. The smallest absolute Gasteiger partial charge is 0.211 e. The summed E-state index contributed by atoms with van der Waals surface area (Å²) in [5.74, 6) is 1.39. The fourth-order valence-corrected chi connectivity index (χ4v) is 3.20. The van der Waals surface area contributed by atoms with E-state index in [0.717, 1.165) is 5.82 Å². The van der Waals surface area contributed by atoms with Crippen molar-refractivity contribution in [3.05, 3.63) is 17.6 Å². The number of sulfonamides is 1. The van der Waals surface area contributed by atoms with Crippen LogP contribution in [0.3, 0.4) is 0 Å². The second-order valence-electron chi connectivity index (χ2n) is 5.59. The second kappa shape index (κ2) is 7.52. The molecule has 0 aromatic carbocycles. The van der Waals surface area contributed by atoms with Crippen LogP contribution in [0.2, 0.25) is 0 Å². The molecule has 0 saturated carbocycles. The van der Waals surface area contributed by atoms with Crippen molar-refractivity contribution in [1.29, 1.82) is 0 Å². The van der Waals surface area contributed by atoms with E-state index in [0.29, 0.717) is 37.8 Å². The first-order valence-corrected chi connectivity index (χ1v) is 9.28. The first kappa shape index (κ1) is 18.1. The molecule has 23 heavy (non-hydrogen) atoms. The summed E-state index contributed by atoms with van der Waals surface area (Å²) in [5.41, 5.74) is 0.699. The summed E-state index contributed by atoms with van der Waals surface area (Å²) in [6.07, 6.45) is 0.833. The standard InChI is InChI=1S/C14H24N4O4S/c1-11-15-12(9-14(16-11)17(2)5-7-21-3)13-10-18(6-8-22-13)23(4,19)20/h9,13H,5-8,10H2,1-4H3/t13-/m0/s1. The van der Waals surface area contributed by atoms with Crippen LogP contribution in [-0.4, -0.2) is 76.0 Å². The number of hydrogen-bond donors (Lipinski definition) is 0. The average molecular weight is 344 g/mol. The molecule has 9 heteroatoms. The number of aromatic nitrogens is 2. The maximum absolute atomic E-state index is 11.7. The summed E-state index contributed by atoms with van der Waals surface area (Å²) < 4.78 is 35.7. The Balaban J connectivity index is 2.20. The zero-order chi connectivity index (χ0) is 17.0. The second-order valence-corrected chi connectivity index (χ2v) is 7.58. The quantitative estimate of drug-likeness (QED) is 0.729. The van der Waals surface area contributed by atoms with Crippen LogP contribution in [-0.2, 0) is 19.5 Å². The predicted octanol–water partition coefficient (Wildman–Crippen LogP) is 0.201. The first-order chi connectivity index (χ1) is 10.8. The molecule has 1 aliphatic heterocycles. The number of ether oxygens (including phenoxy) is 2. The Bertz CT molecular complexity index is 638. The minimum absolute atomic E-state index is 0.274. The van der Waals surface area contributed by atoms with E-state index in [1.807, 2.05) is 24.9 Å². The summed E-state index contributed by atoms with van der Waals surface area (Å²) >= 11 is 0. The molecule has 1 aliphatic rings. The van der Waals surface area contributed by atoms with Crippen molar-refractivity contribution < 1.29 is 17.9 Å². The van der Waals surface area contributed by atoms with Crippen molar-refractivity contribution in [2.24, 2.45) is 0 Å². The van der Waals surface area contributed by atoms with Gasteiger partial charge >= 0.3 is 0 Å². The summed E-state index contributed by atoms with van der Waals surface area (Å²) in [7, 11) is 0.346. The molecule has 1 atom stereocenters. The third kappa shape index (κ3) is 4.84. The van der Waals surface area contributed by atoms with Crippen molar-refractivity contribution in [1.82, 2.24) is 14.3 Å². The number of likely N-dealkylation sites (N-methyl/N-ethyl adjacent to an activating group) is 1. The maximum Gasteiger partial charge on any atom is 0.211 e. The van der Waals surface area contributed by atoms with Gasteiger partial charge in [-0.15, -0.1) is 0 Å². The Labute approximate surface area is 137 Å². The molecule has 1 fully saturated rings. The van der Waals surface area contributed by atoms with E-state index in [1.165, 1.54) is 10.6 Å². The maximum atomic E-state index is 11.7. The Morgan fingerprint density at radius 1 is 1.48 bits per heavy atom. The highest BCUT2D eigenvalue weighted by Crippen LogP contribution is 2.24. The van der Waals surface area contributed by atoms with E-state index in [-0.39, 0.29) is 12.6 Å². The van der Waals surface area contributed by atoms with Gasteiger partial charge in [0.1, 0.15) is 17.7 Å². The van der Waals surface area contributed by atoms with Crippen molar-refractivity contribution in [3.63, 3.8) is 0 Å². The monoisotopic (exact) mass is 344 g/mol. The highest BCUT2D eigenvalue weighted by atomic mass is 32.2. The Hall–Kier alpha value is -1.29. The molecular formula is C14H24N4O4S. The number of morpholine rings is 1. The van der Waals surface area contributed by atoms with Gasteiger partial charge in [0.25, 0.3) is 0 Å². The molecule has 0 N–H and O–H groups in total. The lowest BCUT2D eigenvalue weighted by Gasteiger charge is -2.31. The summed E-state index contributed by atoms with van der Waals surface area (Å²) in [5, 5.41) is 0. The van der Waals surface area contributed by atoms with E-state index >= 15 is 0 Å². The molecule has 1 aromatic heterocycles. The first-order valence-electron chi connectivity index (χ1n) is 7.43. The molecule has 0 amide bonds. The molecule has 0 bridgehead atoms. The van der Waals surface area contributed by atoms with E-state index in [1.54, 1.807) is 7.11 Å². The summed E-state index contributed by atoms with van der Waals surface area (Å²) in [4.78, 5) is 10.8. The fraction of sp³-hybridized carbons (Fsp3) is 0.714. The van der Waals surface area contributed by atoms with E-state index in [9.17, 15) is 8.42 Å². The van der Waals surface area contributed by atoms with Gasteiger partial charge in [0.15, 0.2) is 0 Å². The lowest BCUT2D eigenvalue weighted by atomic mass is 10.2.